The maximum absolute atomic E-state index is 12.9. The summed E-state index contributed by atoms with van der Waals surface area (Å²) >= 11 is 0. The number of aryl methyl sites for hydroxylation is 1. The molecule has 0 heterocycles. The third kappa shape index (κ3) is 3.62. The van der Waals surface area contributed by atoms with Crippen molar-refractivity contribution in [3.8, 4) is 0 Å². The van der Waals surface area contributed by atoms with Gasteiger partial charge in [-0.05, 0) is 36.7 Å². The van der Waals surface area contributed by atoms with Crippen molar-refractivity contribution in [2.45, 2.75) is 20.4 Å². The van der Waals surface area contributed by atoms with Crippen molar-refractivity contribution in [3.05, 3.63) is 35.1 Å². The molecule has 0 aromatic heterocycles. The van der Waals surface area contributed by atoms with Gasteiger partial charge in [0.2, 0.25) is 0 Å². The zero-order valence-electron chi connectivity index (χ0n) is 9.53. The van der Waals surface area contributed by atoms with Crippen LogP contribution >= 0.6 is 0 Å². The number of carboxylic acid groups (broad SMARTS) is 1. The van der Waals surface area contributed by atoms with Crippen molar-refractivity contribution in [1.82, 2.24) is 4.90 Å². The molecule has 0 amide bonds. The van der Waals surface area contributed by atoms with Gasteiger partial charge in [0.15, 0.2) is 0 Å². The van der Waals surface area contributed by atoms with Gasteiger partial charge in [-0.25, -0.2) is 4.39 Å². The number of carbonyl (C=O) groups is 1. The second-order valence-corrected chi connectivity index (χ2v) is 3.77. The Morgan fingerprint density at radius 1 is 1.50 bits per heavy atom. The third-order valence-electron chi connectivity index (χ3n) is 2.50. The van der Waals surface area contributed by atoms with Crippen LogP contribution < -0.4 is 0 Å². The number of hydrogen-bond donors (Lipinski definition) is 1. The van der Waals surface area contributed by atoms with Crippen LogP contribution in [-0.4, -0.2) is 29.1 Å². The van der Waals surface area contributed by atoms with Gasteiger partial charge in [0.1, 0.15) is 5.82 Å². The fraction of sp³-hybridized carbons (Fsp3) is 0.417. The molecule has 0 aliphatic rings. The summed E-state index contributed by atoms with van der Waals surface area (Å²) in [7, 11) is 0. The van der Waals surface area contributed by atoms with Crippen LogP contribution in [0.5, 0.6) is 0 Å². The minimum absolute atomic E-state index is 0.00726. The average molecular weight is 225 g/mol. The Morgan fingerprint density at radius 2 is 2.19 bits per heavy atom. The number of halogens is 1. The topological polar surface area (TPSA) is 40.5 Å². The predicted molar refractivity (Wildman–Crippen MR) is 59.7 cm³/mol. The monoisotopic (exact) mass is 225 g/mol. The Morgan fingerprint density at radius 3 is 2.69 bits per heavy atom. The molecular formula is C12H16FNO2. The molecule has 0 spiro atoms. The summed E-state index contributed by atoms with van der Waals surface area (Å²) in [5, 5.41) is 8.70. The lowest BCUT2D eigenvalue weighted by atomic mass is 10.1. The second kappa shape index (κ2) is 5.61. The summed E-state index contributed by atoms with van der Waals surface area (Å²) in [5.74, 6) is -1.11. The summed E-state index contributed by atoms with van der Waals surface area (Å²) in [4.78, 5) is 12.4. The zero-order chi connectivity index (χ0) is 12.1. The first-order valence-electron chi connectivity index (χ1n) is 5.22. The van der Waals surface area contributed by atoms with Gasteiger partial charge in [-0.15, -0.1) is 0 Å². The number of rotatable bonds is 5. The Kier molecular flexibility index (Phi) is 4.43. The minimum Gasteiger partial charge on any atom is -0.480 e. The van der Waals surface area contributed by atoms with Crippen LogP contribution in [-0.2, 0) is 11.3 Å². The van der Waals surface area contributed by atoms with Crippen molar-refractivity contribution in [2.75, 3.05) is 13.1 Å². The third-order valence-corrected chi connectivity index (χ3v) is 2.50. The van der Waals surface area contributed by atoms with Gasteiger partial charge >= 0.3 is 5.97 Å². The van der Waals surface area contributed by atoms with Crippen molar-refractivity contribution >= 4 is 5.97 Å². The molecule has 0 saturated carbocycles. The highest BCUT2D eigenvalue weighted by Gasteiger charge is 2.09. The summed E-state index contributed by atoms with van der Waals surface area (Å²) in [6.45, 7) is 4.93. The number of hydrogen-bond acceptors (Lipinski definition) is 2. The fourth-order valence-electron chi connectivity index (χ4n) is 1.55. The largest absolute Gasteiger partial charge is 0.480 e. The molecule has 88 valence electrons. The van der Waals surface area contributed by atoms with E-state index in [9.17, 15) is 9.18 Å². The van der Waals surface area contributed by atoms with Gasteiger partial charge in [0.25, 0.3) is 0 Å². The average Bonchev–Trinajstić information content (AvgIpc) is 2.20. The summed E-state index contributed by atoms with van der Waals surface area (Å²) in [5.41, 5.74) is 1.81. The Balaban J connectivity index is 2.73. The highest BCUT2D eigenvalue weighted by molar-refractivity contribution is 5.69. The van der Waals surface area contributed by atoms with Gasteiger partial charge in [0, 0.05) is 6.54 Å². The normalized spacial score (nSPS) is 10.8. The van der Waals surface area contributed by atoms with E-state index in [1.54, 1.807) is 11.0 Å². The number of likely N-dealkylation sites (N-methyl/N-ethyl adjacent to an activating group) is 1. The number of carboxylic acids is 1. The molecule has 3 nitrogen and oxygen atoms in total. The molecule has 0 aliphatic carbocycles. The first-order valence-corrected chi connectivity index (χ1v) is 5.22. The number of aliphatic carboxylic acids is 1. The van der Waals surface area contributed by atoms with Gasteiger partial charge < -0.3 is 5.11 Å². The Hall–Kier alpha value is -1.42. The molecule has 0 unspecified atom stereocenters. The lowest BCUT2D eigenvalue weighted by Crippen LogP contribution is -2.29. The van der Waals surface area contributed by atoms with Crippen molar-refractivity contribution in [1.29, 1.82) is 0 Å². The van der Waals surface area contributed by atoms with Crippen LogP contribution in [0.25, 0.3) is 0 Å². The maximum Gasteiger partial charge on any atom is 0.317 e. The molecule has 1 aromatic rings. The van der Waals surface area contributed by atoms with E-state index in [4.69, 9.17) is 5.11 Å². The second-order valence-electron chi connectivity index (χ2n) is 3.77. The molecule has 16 heavy (non-hydrogen) atoms. The zero-order valence-corrected chi connectivity index (χ0v) is 9.53. The maximum atomic E-state index is 12.9. The first-order chi connectivity index (χ1) is 7.52. The first kappa shape index (κ1) is 12.6. The fourth-order valence-corrected chi connectivity index (χ4v) is 1.55. The van der Waals surface area contributed by atoms with Crippen LogP contribution in [0, 0.1) is 12.7 Å². The van der Waals surface area contributed by atoms with Gasteiger partial charge in [-0.2, -0.15) is 0 Å². The van der Waals surface area contributed by atoms with E-state index in [1.165, 1.54) is 12.1 Å². The number of benzene rings is 1. The summed E-state index contributed by atoms with van der Waals surface area (Å²) in [6.07, 6.45) is 0. The standard InChI is InChI=1S/C12H16FNO2/c1-3-14(8-12(15)16)7-10-4-5-11(13)6-9(10)2/h4-6H,3,7-8H2,1-2H3,(H,15,16). The summed E-state index contributed by atoms with van der Waals surface area (Å²) in [6, 6.07) is 4.57. The van der Waals surface area contributed by atoms with Crippen molar-refractivity contribution < 1.29 is 14.3 Å². The van der Waals surface area contributed by atoms with Crippen LogP contribution in [0.1, 0.15) is 18.1 Å². The molecule has 0 saturated heterocycles. The molecule has 0 fully saturated rings. The quantitative estimate of drug-likeness (QED) is 0.833. The van der Waals surface area contributed by atoms with E-state index in [1.807, 2.05) is 13.8 Å². The molecule has 1 aromatic carbocycles. The van der Waals surface area contributed by atoms with Gasteiger partial charge in [0.05, 0.1) is 6.54 Å². The van der Waals surface area contributed by atoms with E-state index in [-0.39, 0.29) is 12.4 Å². The lowest BCUT2D eigenvalue weighted by Gasteiger charge is -2.19. The molecule has 0 atom stereocenters. The van der Waals surface area contributed by atoms with E-state index >= 15 is 0 Å². The lowest BCUT2D eigenvalue weighted by molar-refractivity contribution is -0.138. The molecule has 4 heteroatoms. The molecule has 0 aliphatic heterocycles. The Bertz CT molecular complexity index is 379. The van der Waals surface area contributed by atoms with E-state index < -0.39 is 5.97 Å². The predicted octanol–water partition coefficient (Wildman–Crippen LogP) is 2.04. The SMILES string of the molecule is CCN(CC(=O)O)Cc1ccc(F)cc1C. The minimum atomic E-state index is -0.846. The Labute approximate surface area is 94.5 Å². The van der Waals surface area contributed by atoms with Crippen molar-refractivity contribution in [3.63, 3.8) is 0 Å². The smallest absolute Gasteiger partial charge is 0.317 e. The van der Waals surface area contributed by atoms with Crippen molar-refractivity contribution in [2.24, 2.45) is 0 Å². The molecule has 1 N–H and O–H groups in total. The van der Waals surface area contributed by atoms with E-state index in [0.29, 0.717) is 13.1 Å². The summed E-state index contributed by atoms with van der Waals surface area (Å²) < 4.78 is 12.9. The highest BCUT2D eigenvalue weighted by Crippen LogP contribution is 2.12. The molecular weight excluding hydrogens is 209 g/mol. The number of nitrogens with zero attached hydrogens (tertiary/aromatic N) is 1. The van der Waals surface area contributed by atoms with Gasteiger partial charge in [-0.1, -0.05) is 13.0 Å². The molecule has 0 bridgehead atoms. The molecule has 0 radical (unpaired) electrons. The van der Waals surface area contributed by atoms with Crippen LogP contribution in [0.4, 0.5) is 4.39 Å². The highest BCUT2D eigenvalue weighted by atomic mass is 19.1. The van der Waals surface area contributed by atoms with E-state index in [2.05, 4.69) is 0 Å². The van der Waals surface area contributed by atoms with Crippen LogP contribution in [0.2, 0.25) is 0 Å². The van der Waals surface area contributed by atoms with Crippen LogP contribution in [0.15, 0.2) is 18.2 Å². The van der Waals surface area contributed by atoms with E-state index in [0.717, 1.165) is 11.1 Å². The van der Waals surface area contributed by atoms with Crippen LogP contribution in [0.3, 0.4) is 0 Å². The molecule has 1 rings (SSSR count). The van der Waals surface area contributed by atoms with Gasteiger partial charge in [-0.3, -0.25) is 9.69 Å².